The molecule has 0 radical (unpaired) electrons. The molecule has 0 heterocycles. The Morgan fingerprint density at radius 3 is 2.69 bits per heavy atom. The number of aliphatic hydroxyl groups excluding tert-OH is 1. The Bertz CT molecular complexity index is 393. The van der Waals surface area contributed by atoms with Gasteiger partial charge in [-0.1, -0.05) is 15.9 Å². The van der Waals surface area contributed by atoms with Gasteiger partial charge >= 0.3 is 0 Å². The van der Waals surface area contributed by atoms with Crippen molar-refractivity contribution in [3.63, 3.8) is 0 Å². The average Bonchev–Trinajstić information content (AvgIpc) is 2.15. The summed E-state index contributed by atoms with van der Waals surface area (Å²) >= 11 is 3.20. The van der Waals surface area contributed by atoms with Gasteiger partial charge in [-0.05, 0) is 25.1 Å². The van der Waals surface area contributed by atoms with E-state index in [1.54, 1.807) is 26.1 Å². The molecule has 1 amide bonds. The topological polar surface area (TPSA) is 60.8 Å². The van der Waals surface area contributed by atoms with Gasteiger partial charge in [0, 0.05) is 18.1 Å². The molecule has 0 aliphatic heterocycles. The number of carbonyl (C=O) groups is 1. The number of hydrogen-bond donors (Lipinski definition) is 2. The van der Waals surface area contributed by atoms with Crippen LogP contribution in [-0.2, 0) is 0 Å². The van der Waals surface area contributed by atoms with Gasteiger partial charge in [-0.15, -0.1) is 0 Å². The van der Waals surface area contributed by atoms with Crippen LogP contribution in [0.15, 0.2) is 22.7 Å². The molecule has 88 valence electrons. The van der Waals surface area contributed by atoms with Crippen molar-refractivity contribution in [2.75, 3.05) is 13.6 Å². The van der Waals surface area contributed by atoms with E-state index in [-0.39, 0.29) is 23.8 Å². The zero-order chi connectivity index (χ0) is 12.3. The second kappa shape index (κ2) is 5.32. The summed E-state index contributed by atoms with van der Waals surface area (Å²) in [5.74, 6) is -0.386. The molecule has 0 spiro atoms. The highest BCUT2D eigenvalue weighted by atomic mass is 79.9. The zero-order valence-corrected chi connectivity index (χ0v) is 10.7. The summed E-state index contributed by atoms with van der Waals surface area (Å²) in [5.41, 5.74) is 0.228. The van der Waals surface area contributed by atoms with Gasteiger partial charge < -0.3 is 15.1 Å². The highest BCUT2D eigenvalue weighted by Crippen LogP contribution is 2.23. The van der Waals surface area contributed by atoms with Crippen molar-refractivity contribution in [3.05, 3.63) is 28.2 Å². The molecule has 0 bridgehead atoms. The summed E-state index contributed by atoms with van der Waals surface area (Å²) in [5, 5.41) is 18.8. The quantitative estimate of drug-likeness (QED) is 0.888. The lowest BCUT2D eigenvalue weighted by molar-refractivity contribution is 0.0701. The Labute approximate surface area is 103 Å². The van der Waals surface area contributed by atoms with E-state index in [4.69, 9.17) is 5.11 Å². The van der Waals surface area contributed by atoms with E-state index in [9.17, 15) is 9.90 Å². The Morgan fingerprint density at radius 2 is 2.19 bits per heavy atom. The first-order valence-electron chi connectivity index (χ1n) is 4.84. The largest absolute Gasteiger partial charge is 0.507 e. The summed E-state index contributed by atoms with van der Waals surface area (Å²) in [6, 6.07) is 4.69. The lowest BCUT2D eigenvalue weighted by Crippen LogP contribution is -2.33. The number of aliphatic hydroxyl groups is 1. The number of carbonyl (C=O) groups excluding carboxylic acids is 1. The first kappa shape index (κ1) is 13.0. The second-order valence-electron chi connectivity index (χ2n) is 3.70. The summed E-state index contributed by atoms with van der Waals surface area (Å²) in [4.78, 5) is 13.2. The Hall–Kier alpha value is -1.07. The maximum Gasteiger partial charge on any atom is 0.257 e. The van der Waals surface area contributed by atoms with Crippen molar-refractivity contribution < 1.29 is 15.0 Å². The molecule has 0 aliphatic rings. The number of phenolic OH excluding ortho intramolecular Hbond substituents is 1. The smallest absolute Gasteiger partial charge is 0.257 e. The van der Waals surface area contributed by atoms with E-state index in [1.807, 2.05) is 0 Å². The van der Waals surface area contributed by atoms with Crippen molar-refractivity contribution in [2.24, 2.45) is 0 Å². The number of amides is 1. The zero-order valence-electron chi connectivity index (χ0n) is 9.14. The van der Waals surface area contributed by atoms with Gasteiger partial charge in [0.25, 0.3) is 5.91 Å². The molecule has 0 saturated heterocycles. The van der Waals surface area contributed by atoms with Crippen LogP contribution in [-0.4, -0.2) is 40.7 Å². The van der Waals surface area contributed by atoms with Crippen molar-refractivity contribution in [3.8, 4) is 5.75 Å². The minimum atomic E-state index is -0.591. The Kier molecular flexibility index (Phi) is 4.32. The molecule has 1 aromatic rings. The molecule has 1 rings (SSSR count). The van der Waals surface area contributed by atoms with E-state index < -0.39 is 6.10 Å². The lowest BCUT2D eigenvalue weighted by atomic mass is 10.1. The van der Waals surface area contributed by atoms with Crippen LogP contribution in [0.2, 0.25) is 0 Å². The number of phenols is 1. The number of rotatable bonds is 3. The number of hydrogen-bond acceptors (Lipinski definition) is 3. The monoisotopic (exact) mass is 287 g/mol. The minimum absolute atomic E-state index is 0.0724. The third-order valence-corrected chi connectivity index (χ3v) is 2.57. The van der Waals surface area contributed by atoms with E-state index in [0.29, 0.717) is 4.47 Å². The third kappa shape index (κ3) is 3.21. The summed E-state index contributed by atoms with van der Waals surface area (Å²) in [6.45, 7) is 1.83. The number of nitrogens with zero attached hydrogens (tertiary/aromatic N) is 1. The van der Waals surface area contributed by atoms with Gasteiger partial charge in [0.05, 0.1) is 11.7 Å². The number of halogens is 1. The van der Waals surface area contributed by atoms with Crippen LogP contribution in [0.25, 0.3) is 0 Å². The molecule has 0 fully saturated rings. The van der Waals surface area contributed by atoms with Crippen LogP contribution in [0.3, 0.4) is 0 Å². The summed E-state index contributed by atoms with van der Waals surface area (Å²) in [6.07, 6.45) is -0.591. The molecule has 1 aromatic carbocycles. The Balaban J connectivity index is 2.88. The molecular weight excluding hydrogens is 274 g/mol. The van der Waals surface area contributed by atoms with Gasteiger partial charge in [0.2, 0.25) is 0 Å². The van der Waals surface area contributed by atoms with Gasteiger partial charge in [-0.3, -0.25) is 4.79 Å². The fraction of sp³-hybridized carbons (Fsp3) is 0.364. The molecule has 2 N–H and O–H groups in total. The highest BCUT2D eigenvalue weighted by molar-refractivity contribution is 9.10. The fourth-order valence-corrected chi connectivity index (χ4v) is 1.72. The van der Waals surface area contributed by atoms with E-state index in [1.165, 1.54) is 11.0 Å². The van der Waals surface area contributed by atoms with Crippen LogP contribution in [0.1, 0.15) is 17.3 Å². The average molecular weight is 288 g/mol. The molecule has 0 saturated carbocycles. The van der Waals surface area contributed by atoms with Gasteiger partial charge in [-0.2, -0.15) is 0 Å². The molecule has 4 nitrogen and oxygen atoms in total. The van der Waals surface area contributed by atoms with Crippen LogP contribution in [0.4, 0.5) is 0 Å². The summed E-state index contributed by atoms with van der Waals surface area (Å²) in [7, 11) is 1.58. The summed E-state index contributed by atoms with van der Waals surface area (Å²) < 4.78 is 0.708. The molecule has 5 heteroatoms. The fourth-order valence-electron chi connectivity index (χ4n) is 1.37. The van der Waals surface area contributed by atoms with Gasteiger partial charge in [0.15, 0.2) is 0 Å². The lowest BCUT2D eigenvalue weighted by Gasteiger charge is -2.19. The maximum atomic E-state index is 11.9. The van der Waals surface area contributed by atoms with E-state index in [0.717, 1.165) is 0 Å². The normalized spacial score (nSPS) is 12.2. The molecule has 0 aliphatic carbocycles. The molecule has 16 heavy (non-hydrogen) atoms. The molecule has 1 unspecified atom stereocenters. The van der Waals surface area contributed by atoms with Crippen LogP contribution in [0, 0.1) is 0 Å². The predicted octanol–water partition coefficient (Wildman–Crippen LogP) is 1.61. The maximum absolute atomic E-state index is 11.9. The number of aromatic hydroxyl groups is 1. The van der Waals surface area contributed by atoms with E-state index in [2.05, 4.69) is 15.9 Å². The van der Waals surface area contributed by atoms with Gasteiger partial charge in [0.1, 0.15) is 5.75 Å². The SMILES string of the molecule is CC(O)CN(C)C(=O)c1ccc(Br)cc1O. The van der Waals surface area contributed by atoms with Crippen molar-refractivity contribution in [1.29, 1.82) is 0 Å². The van der Waals surface area contributed by atoms with Crippen LogP contribution >= 0.6 is 15.9 Å². The predicted molar refractivity (Wildman–Crippen MR) is 64.4 cm³/mol. The number of likely N-dealkylation sites (N-methyl/N-ethyl adjacent to an activating group) is 1. The Morgan fingerprint density at radius 1 is 1.56 bits per heavy atom. The highest BCUT2D eigenvalue weighted by Gasteiger charge is 2.16. The second-order valence-corrected chi connectivity index (χ2v) is 4.61. The first-order valence-corrected chi connectivity index (χ1v) is 5.63. The van der Waals surface area contributed by atoms with Crippen LogP contribution < -0.4 is 0 Å². The van der Waals surface area contributed by atoms with E-state index >= 15 is 0 Å². The third-order valence-electron chi connectivity index (χ3n) is 2.07. The van der Waals surface area contributed by atoms with Crippen molar-refractivity contribution >= 4 is 21.8 Å². The van der Waals surface area contributed by atoms with Crippen LogP contribution in [0.5, 0.6) is 5.75 Å². The number of benzene rings is 1. The minimum Gasteiger partial charge on any atom is -0.507 e. The molecule has 1 atom stereocenters. The molecular formula is C11H14BrNO3. The standard InChI is InChI=1S/C11H14BrNO3/c1-7(14)6-13(2)11(16)9-4-3-8(12)5-10(9)15/h3-5,7,14-15H,6H2,1-2H3. The molecule has 0 aromatic heterocycles. The van der Waals surface area contributed by atoms with Crippen molar-refractivity contribution in [1.82, 2.24) is 4.90 Å². The van der Waals surface area contributed by atoms with Gasteiger partial charge in [-0.25, -0.2) is 0 Å². The first-order chi connectivity index (χ1) is 7.41. The van der Waals surface area contributed by atoms with Crippen molar-refractivity contribution in [2.45, 2.75) is 13.0 Å².